The summed E-state index contributed by atoms with van der Waals surface area (Å²) in [4.78, 5) is 4.30. The first-order chi connectivity index (χ1) is 5.93. The molecule has 2 N–H and O–H groups in total. The number of thiol groups is 1. The molecule has 3 nitrogen and oxygen atoms in total. The highest BCUT2D eigenvalue weighted by Gasteiger charge is 2.13. The van der Waals surface area contributed by atoms with E-state index in [1.807, 2.05) is 7.05 Å². The molecule has 0 aromatic rings. The molecular formula is C6H13N3S4. The molecule has 1 rings (SSSR count). The summed E-state index contributed by atoms with van der Waals surface area (Å²) >= 11 is 14.4. The lowest BCUT2D eigenvalue weighted by molar-refractivity contribution is 0.278. The second kappa shape index (κ2) is 6.83. The fourth-order valence-corrected chi connectivity index (χ4v) is 1.64. The van der Waals surface area contributed by atoms with Crippen molar-refractivity contribution in [3.05, 3.63) is 0 Å². The van der Waals surface area contributed by atoms with Gasteiger partial charge in [0.25, 0.3) is 0 Å². The molecule has 0 atom stereocenters. The minimum atomic E-state index is 0.194. The lowest BCUT2D eigenvalue weighted by Gasteiger charge is -2.31. The lowest BCUT2D eigenvalue weighted by Crippen LogP contribution is -2.40. The van der Waals surface area contributed by atoms with Crippen molar-refractivity contribution >= 4 is 57.5 Å². The highest BCUT2D eigenvalue weighted by atomic mass is 32.2. The first-order valence-corrected chi connectivity index (χ1v) is 5.73. The van der Waals surface area contributed by atoms with Crippen LogP contribution in [-0.4, -0.2) is 45.1 Å². The Kier molecular flexibility index (Phi) is 7.06. The molecule has 1 heterocycles. The largest absolute Gasteiger partial charge is 0.385 e. The summed E-state index contributed by atoms with van der Waals surface area (Å²) < 4.78 is 1.20. The molecule has 0 radical (unpaired) electrons. The van der Waals surface area contributed by atoms with Gasteiger partial charge in [-0.3, -0.25) is 4.90 Å². The SMILES string of the molecule is CN1CSC(=S)N(C)C1.NC(=S)S. The second-order valence-corrected chi connectivity index (χ2v) is 5.38. The van der Waals surface area contributed by atoms with Crippen molar-refractivity contribution in [2.45, 2.75) is 0 Å². The number of nitrogens with zero attached hydrogens (tertiary/aromatic N) is 2. The molecule has 0 saturated carbocycles. The normalized spacial score (nSPS) is 17.8. The molecule has 13 heavy (non-hydrogen) atoms. The van der Waals surface area contributed by atoms with E-state index in [9.17, 15) is 0 Å². The molecule has 0 aromatic heterocycles. The smallest absolute Gasteiger partial charge is 0.138 e. The Labute approximate surface area is 99.4 Å². The summed E-state index contributed by atoms with van der Waals surface area (Å²) in [5, 5.41) is 0. The average molecular weight is 255 g/mol. The van der Waals surface area contributed by atoms with Gasteiger partial charge in [0.2, 0.25) is 0 Å². The van der Waals surface area contributed by atoms with E-state index in [2.05, 4.69) is 41.7 Å². The van der Waals surface area contributed by atoms with E-state index >= 15 is 0 Å². The molecule has 1 saturated heterocycles. The van der Waals surface area contributed by atoms with Crippen LogP contribution in [0.2, 0.25) is 0 Å². The van der Waals surface area contributed by atoms with Crippen LogP contribution in [0.5, 0.6) is 0 Å². The van der Waals surface area contributed by atoms with E-state index in [0.29, 0.717) is 0 Å². The number of rotatable bonds is 0. The summed E-state index contributed by atoms with van der Waals surface area (Å²) in [6.45, 7) is 0.964. The highest BCUT2D eigenvalue weighted by molar-refractivity contribution is 8.22. The van der Waals surface area contributed by atoms with Crippen LogP contribution < -0.4 is 5.73 Å². The van der Waals surface area contributed by atoms with Crippen molar-refractivity contribution in [3.63, 3.8) is 0 Å². The molecule has 0 bridgehead atoms. The van der Waals surface area contributed by atoms with Crippen LogP contribution in [0.1, 0.15) is 0 Å². The Bertz CT molecular complexity index is 192. The number of hydrogen-bond acceptors (Lipinski definition) is 4. The third-order valence-corrected chi connectivity index (χ3v) is 2.97. The summed E-state index contributed by atoms with van der Waals surface area (Å²) in [6, 6.07) is 0. The van der Waals surface area contributed by atoms with E-state index in [1.54, 1.807) is 11.8 Å². The first kappa shape index (κ1) is 13.4. The van der Waals surface area contributed by atoms with Gasteiger partial charge in [0.1, 0.15) is 8.64 Å². The molecule has 0 unspecified atom stereocenters. The Morgan fingerprint density at radius 2 is 2.08 bits per heavy atom. The van der Waals surface area contributed by atoms with E-state index in [-0.39, 0.29) is 4.32 Å². The van der Waals surface area contributed by atoms with Crippen molar-refractivity contribution in [1.82, 2.24) is 9.80 Å². The minimum Gasteiger partial charge on any atom is -0.385 e. The van der Waals surface area contributed by atoms with Crippen LogP contribution in [0.15, 0.2) is 0 Å². The summed E-state index contributed by atoms with van der Waals surface area (Å²) in [7, 11) is 4.11. The molecular weight excluding hydrogens is 242 g/mol. The van der Waals surface area contributed by atoms with E-state index in [1.165, 1.54) is 0 Å². The van der Waals surface area contributed by atoms with Gasteiger partial charge in [-0.1, -0.05) is 36.2 Å². The molecule has 1 aliphatic rings. The van der Waals surface area contributed by atoms with Gasteiger partial charge in [-0.05, 0) is 7.05 Å². The van der Waals surface area contributed by atoms with Crippen molar-refractivity contribution in [2.24, 2.45) is 5.73 Å². The predicted molar refractivity (Wildman–Crippen MR) is 71.2 cm³/mol. The maximum atomic E-state index is 5.04. The molecule has 0 aromatic carbocycles. The van der Waals surface area contributed by atoms with Gasteiger partial charge in [0.05, 0.1) is 12.5 Å². The van der Waals surface area contributed by atoms with E-state index < -0.39 is 0 Å². The average Bonchev–Trinajstić information content (AvgIpc) is 1.96. The third kappa shape index (κ3) is 7.51. The molecule has 0 spiro atoms. The van der Waals surface area contributed by atoms with Crippen molar-refractivity contribution in [1.29, 1.82) is 0 Å². The highest BCUT2D eigenvalue weighted by Crippen LogP contribution is 2.14. The third-order valence-electron chi connectivity index (χ3n) is 1.17. The van der Waals surface area contributed by atoms with Crippen LogP contribution in [0, 0.1) is 0 Å². The topological polar surface area (TPSA) is 32.5 Å². The van der Waals surface area contributed by atoms with Gasteiger partial charge in [0, 0.05) is 7.05 Å². The Hall–Kier alpha value is 0.440. The quantitative estimate of drug-likeness (QED) is 0.495. The predicted octanol–water partition coefficient (Wildman–Crippen LogP) is 0.957. The van der Waals surface area contributed by atoms with E-state index in [4.69, 9.17) is 18.0 Å². The zero-order valence-electron chi connectivity index (χ0n) is 7.56. The fraction of sp³-hybridized carbons (Fsp3) is 0.667. The molecule has 76 valence electrons. The van der Waals surface area contributed by atoms with Gasteiger partial charge in [-0.25, -0.2) is 0 Å². The zero-order valence-corrected chi connectivity index (χ0v) is 10.9. The van der Waals surface area contributed by atoms with Gasteiger partial charge in [0.15, 0.2) is 0 Å². The van der Waals surface area contributed by atoms with Crippen molar-refractivity contribution < 1.29 is 0 Å². The van der Waals surface area contributed by atoms with Crippen LogP contribution in [0.25, 0.3) is 0 Å². The van der Waals surface area contributed by atoms with Crippen LogP contribution in [0.4, 0.5) is 0 Å². The molecule has 1 fully saturated rings. The number of thioether (sulfide) groups is 1. The first-order valence-electron chi connectivity index (χ1n) is 3.48. The Morgan fingerprint density at radius 1 is 1.62 bits per heavy atom. The van der Waals surface area contributed by atoms with Gasteiger partial charge in [-0.2, -0.15) is 0 Å². The monoisotopic (exact) mass is 255 g/mol. The number of thiocarbonyl (C=S) groups is 2. The Balaban J connectivity index is 0.000000310. The molecule has 0 amide bonds. The lowest BCUT2D eigenvalue weighted by atomic mass is 10.8. The summed E-state index contributed by atoms with van der Waals surface area (Å²) in [5.74, 6) is 1.03. The second-order valence-electron chi connectivity index (χ2n) is 2.57. The van der Waals surface area contributed by atoms with Crippen LogP contribution in [0.3, 0.4) is 0 Å². The van der Waals surface area contributed by atoms with Crippen molar-refractivity contribution in [3.8, 4) is 0 Å². The zero-order chi connectivity index (χ0) is 10.4. The summed E-state index contributed by atoms with van der Waals surface area (Å²) in [6.07, 6.45) is 0. The number of nitrogens with two attached hydrogens (primary N) is 1. The van der Waals surface area contributed by atoms with Gasteiger partial charge >= 0.3 is 0 Å². The minimum absolute atomic E-state index is 0.194. The van der Waals surface area contributed by atoms with Gasteiger partial charge < -0.3 is 10.6 Å². The summed E-state index contributed by atoms with van der Waals surface area (Å²) in [5.41, 5.74) is 4.71. The molecule has 1 aliphatic heterocycles. The molecule has 0 aliphatic carbocycles. The molecule has 7 heteroatoms. The maximum absolute atomic E-state index is 5.04. The van der Waals surface area contributed by atoms with Gasteiger partial charge in [-0.15, -0.1) is 12.6 Å². The van der Waals surface area contributed by atoms with E-state index in [0.717, 1.165) is 16.9 Å². The maximum Gasteiger partial charge on any atom is 0.138 e. The van der Waals surface area contributed by atoms with Crippen LogP contribution in [-0.2, 0) is 0 Å². The van der Waals surface area contributed by atoms with Crippen molar-refractivity contribution in [2.75, 3.05) is 26.6 Å². The fourth-order valence-electron chi connectivity index (χ4n) is 0.736. The standard InChI is InChI=1S/C5H10N2S2.CH3NS2/c1-6-3-7(2)5(8)9-4-6;2-1(3)4/h3-4H2,1-2H3;(H3,2,3,4). The Morgan fingerprint density at radius 3 is 2.38 bits per heavy atom. The number of hydrogen-bond donors (Lipinski definition) is 2. The van der Waals surface area contributed by atoms with Crippen LogP contribution >= 0.6 is 48.8 Å².